The monoisotopic (exact) mass is 564 g/mol. The molecule has 0 spiro atoms. The first-order chi connectivity index (χ1) is 18.9. The predicted octanol–water partition coefficient (Wildman–Crippen LogP) is 4.95. The van der Waals surface area contributed by atoms with Gasteiger partial charge in [-0.15, -0.1) is 0 Å². The van der Waals surface area contributed by atoms with Crippen LogP contribution in [0.15, 0.2) is 58.5 Å². The van der Waals surface area contributed by atoms with E-state index in [1.54, 1.807) is 57.4 Å². The number of halogens is 2. The highest BCUT2D eigenvalue weighted by Crippen LogP contribution is 2.51. The Hall–Kier alpha value is -3.82. The molecule has 5 rings (SSSR count). The lowest BCUT2D eigenvalue weighted by Gasteiger charge is -2.49. The molecule has 4 aromatic rings. The van der Waals surface area contributed by atoms with E-state index < -0.39 is 22.9 Å². The van der Waals surface area contributed by atoms with Crippen LogP contribution < -0.4 is 15.9 Å². The van der Waals surface area contributed by atoms with Crippen molar-refractivity contribution in [1.82, 2.24) is 19.1 Å². The molecular formula is C30H30ClFN4O4. The number of hydrogen-bond acceptors (Lipinski definition) is 6. The summed E-state index contributed by atoms with van der Waals surface area (Å²) < 4.78 is 22.8. The molecule has 0 bridgehead atoms. The first kappa shape index (κ1) is 27.7. The number of aliphatic hydroxyl groups is 1. The fourth-order valence-corrected chi connectivity index (χ4v) is 5.36. The molecule has 0 saturated heterocycles. The molecule has 1 aliphatic rings. The van der Waals surface area contributed by atoms with Crippen molar-refractivity contribution in [3.8, 4) is 17.3 Å². The van der Waals surface area contributed by atoms with Gasteiger partial charge in [-0.3, -0.25) is 23.7 Å². The Morgan fingerprint density at radius 2 is 1.88 bits per heavy atom. The smallest absolute Gasteiger partial charge is 0.277 e. The molecule has 0 amide bonds. The standard InChI is InChI=1S/C30H30ClFN4O4/c1-16-9-21(32)22(33-13-16)15-40-24-10-18(3)36(29(39)27(24)31)23-12-26(34-14-17(23)2)35-8-6-7-19(28(35)38)20-11-25(37)30(20,4)5/h6-10,12-14,20,25,37H,11,15H2,1-5H3. The molecule has 1 N–H and O–H groups in total. The largest absolute Gasteiger partial charge is 0.485 e. The van der Waals surface area contributed by atoms with Crippen LogP contribution in [0.4, 0.5) is 4.39 Å². The van der Waals surface area contributed by atoms with Crippen molar-refractivity contribution in [2.45, 2.75) is 59.7 Å². The van der Waals surface area contributed by atoms with Gasteiger partial charge < -0.3 is 9.84 Å². The van der Waals surface area contributed by atoms with E-state index in [2.05, 4.69) is 9.97 Å². The van der Waals surface area contributed by atoms with Gasteiger partial charge in [0.25, 0.3) is 11.1 Å². The minimum atomic E-state index is -0.527. The van der Waals surface area contributed by atoms with Crippen LogP contribution in [0.25, 0.3) is 11.5 Å². The van der Waals surface area contributed by atoms with Gasteiger partial charge >= 0.3 is 0 Å². The SMILES string of the molecule is Cc1cnc(COc2cc(C)n(-c3cc(-n4cccc(C5CC(O)C5(C)C)c4=O)ncc3C)c(=O)c2Cl)c(F)c1. The summed E-state index contributed by atoms with van der Waals surface area (Å²) in [6, 6.07) is 8.20. The summed E-state index contributed by atoms with van der Waals surface area (Å²) in [6.45, 7) is 8.98. The van der Waals surface area contributed by atoms with Gasteiger partial charge in [0.1, 0.15) is 34.7 Å². The lowest BCUT2D eigenvalue weighted by atomic mass is 9.58. The lowest BCUT2D eigenvalue weighted by molar-refractivity contribution is -0.0630. The van der Waals surface area contributed by atoms with Crippen molar-refractivity contribution in [3.05, 3.63) is 109 Å². The normalized spacial score (nSPS) is 17.9. The quantitative estimate of drug-likeness (QED) is 0.356. The number of aliphatic hydroxyl groups excluding tert-OH is 1. The van der Waals surface area contributed by atoms with E-state index >= 15 is 0 Å². The molecule has 2 unspecified atom stereocenters. The Kier molecular flexibility index (Phi) is 7.14. The van der Waals surface area contributed by atoms with E-state index in [1.807, 2.05) is 13.8 Å². The maximum Gasteiger partial charge on any atom is 0.277 e. The van der Waals surface area contributed by atoms with Crippen molar-refractivity contribution < 1.29 is 14.2 Å². The van der Waals surface area contributed by atoms with Gasteiger partial charge in [-0.1, -0.05) is 31.5 Å². The second-order valence-corrected chi connectivity index (χ2v) is 11.3. The summed E-state index contributed by atoms with van der Waals surface area (Å²) in [5.41, 5.74) is 1.96. The highest BCUT2D eigenvalue weighted by Gasteiger charge is 2.48. The Morgan fingerprint density at radius 1 is 1.12 bits per heavy atom. The van der Waals surface area contributed by atoms with Crippen LogP contribution in [0.5, 0.6) is 5.75 Å². The number of hydrogen-bond donors (Lipinski definition) is 1. The number of rotatable bonds is 6. The van der Waals surface area contributed by atoms with E-state index in [9.17, 15) is 19.1 Å². The summed E-state index contributed by atoms with van der Waals surface area (Å²) in [5.74, 6) is -0.123. The average molecular weight is 565 g/mol. The molecule has 0 aromatic carbocycles. The minimum absolute atomic E-state index is 0.0767. The fourth-order valence-electron chi connectivity index (χ4n) is 5.16. The summed E-state index contributed by atoms with van der Waals surface area (Å²) in [4.78, 5) is 35.5. The van der Waals surface area contributed by atoms with Gasteiger partial charge in [-0.05, 0) is 61.8 Å². The molecule has 8 nitrogen and oxygen atoms in total. The molecule has 1 aliphatic carbocycles. The Labute approximate surface area is 235 Å². The van der Waals surface area contributed by atoms with E-state index in [1.165, 1.54) is 21.4 Å². The minimum Gasteiger partial charge on any atom is -0.485 e. The third kappa shape index (κ3) is 4.73. The van der Waals surface area contributed by atoms with E-state index in [0.717, 1.165) is 0 Å². The Balaban J connectivity index is 1.51. The number of ether oxygens (including phenoxy) is 1. The predicted molar refractivity (Wildman–Crippen MR) is 150 cm³/mol. The zero-order valence-corrected chi connectivity index (χ0v) is 23.7. The molecule has 4 aromatic heterocycles. The molecule has 4 heterocycles. The maximum absolute atomic E-state index is 14.2. The number of aromatic nitrogens is 4. The first-order valence-corrected chi connectivity index (χ1v) is 13.3. The van der Waals surface area contributed by atoms with Crippen molar-refractivity contribution in [1.29, 1.82) is 0 Å². The first-order valence-electron chi connectivity index (χ1n) is 12.9. The van der Waals surface area contributed by atoms with Crippen molar-refractivity contribution in [3.63, 3.8) is 0 Å². The molecule has 0 radical (unpaired) electrons. The topological polar surface area (TPSA) is 99.2 Å². The average Bonchev–Trinajstić information content (AvgIpc) is 2.91. The van der Waals surface area contributed by atoms with Crippen LogP contribution in [0, 0.1) is 32.0 Å². The summed E-state index contributed by atoms with van der Waals surface area (Å²) in [6.07, 6.45) is 4.82. The van der Waals surface area contributed by atoms with Crippen molar-refractivity contribution in [2.75, 3.05) is 0 Å². The fraction of sp³-hybridized carbons (Fsp3) is 0.333. The molecular weight excluding hydrogens is 535 g/mol. The van der Waals surface area contributed by atoms with Crippen LogP contribution >= 0.6 is 11.6 Å². The lowest BCUT2D eigenvalue weighted by Crippen LogP contribution is -2.49. The van der Waals surface area contributed by atoms with Gasteiger partial charge in [-0.2, -0.15) is 0 Å². The van der Waals surface area contributed by atoms with Crippen molar-refractivity contribution >= 4 is 11.6 Å². The summed E-state index contributed by atoms with van der Waals surface area (Å²) in [7, 11) is 0. The van der Waals surface area contributed by atoms with Crippen LogP contribution in [0.2, 0.25) is 5.02 Å². The van der Waals surface area contributed by atoms with Gasteiger partial charge in [0.05, 0.1) is 11.8 Å². The number of pyridine rings is 4. The molecule has 1 saturated carbocycles. The van der Waals surface area contributed by atoms with Gasteiger partial charge in [0.15, 0.2) is 0 Å². The second kappa shape index (κ2) is 10.3. The van der Waals surface area contributed by atoms with Crippen LogP contribution in [-0.4, -0.2) is 30.3 Å². The van der Waals surface area contributed by atoms with Crippen LogP contribution in [-0.2, 0) is 6.61 Å². The highest BCUT2D eigenvalue weighted by atomic mass is 35.5. The molecule has 0 aliphatic heterocycles. The molecule has 40 heavy (non-hydrogen) atoms. The van der Waals surface area contributed by atoms with Gasteiger partial charge in [0.2, 0.25) is 0 Å². The second-order valence-electron chi connectivity index (χ2n) is 10.9. The van der Waals surface area contributed by atoms with Gasteiger partial charge in [-0.25, -0.2) is 9.37 Å². The third-order valence-corrected chi connectivity index (χ3v) is 8.18. The highest BCUT2D eigenvalue weighted by molar-refractivity contribution is 6.31. The molecule has 2 atom stereocenters. The van der Waals surface area contributed by atoms with Gasteiger partial charge in [0, 0.05) is 42.0 Å². The van der Waals surface area contributed by atoms with E-state index in [-0.39, 0.29) is 34.6 Å². The number of aryl methyl sites for hydroxylation is 3. The Bertz CT molecular complexity index is 1750. The van der Waals surface area contributed by atoms with E-state index in [4.69, 9.17) is 16.3 Å². The Morgan fingerprint density at radius 3 is 2.55 bits per heavy atom. The molecule has 10 heteroatoms. The summed E-state index contributed by atoms with van der Waals surface area (Å²) >= 11 is 6.44. The summed E-state index contributed by atoms with van der Waals surface area (Å²) in [5, 5.41) is 10.0. The molecule has 208 valence electrons. The third-order valence-electron chi connectivity index (χ3n) is 7.83. The van der Waals surface area contributed by atoms with E-state index in [0.29, 0.717) is 40.3 Å². The van der Waals surface area contributed by atoms with Crippen LogP contribution in [0.3, 0.4) is 0 Å². The molecule has 1 fully saturated rings. The zero-order valence-electron chi connectivity index (χ0n) is 22.9. The number of nitrogens with zero attached hydrogens (tertiary/aromatic N) is 4. The maximum atomic E-state index is 14.2. The zero-order chi connectivity index (χ0) is 28.9. The van der Waals surface area contributed by atoms with Crippen molar-refractivity contribution in [2.24, 2.45) is 5.41 Å². The van der Waals surface area contributed by atoms with Crippen LogP contribution in [0.1, 0.15) is 54.3 Å².